The third-order valence-electron chi connectivity index (χ3n) is 2.09. The van der Waals surface area contributed by atoms with Crippen molar-refractivity contribution in [3.8, 4) is 0 Å². The SMILES string of the molecule is NCCCCC(N)c1cccc(Br)n1. The maximum Gasteiger partial charge on any atom is 0.106 e. The molecule has 3 nitrogen and oxygen atoms in total. The molecular weight excluding hydrogens is 242 g/mol. The maximum atomic E-state index is 5.98. The molecule has 0 fully saturated rings. The quantitative estimate of drug-likeness (QED) is 0.627. The lowest BCUT2D eigenvalue weighted by Gasteiger charge is -2.10. The summed E-state index contributed by atoms with van der Waals surface area (Å²) in [7, 11) is 0. The summed E-state index contributed by atoms with van der Waals surface area (Å²) in [6, 6.07) is 5.84. The van der Waals surface area contributed by atoms with Crippen molar-refractivity contribution in [2.45, 2.75) is 25.3 Å². The van der Waals surface area contributed by atoms with E-state index >= 15 is 0 Å². The zero-order valence-corrected chi connectivity index (χ0v) is 9.70. The third-order valence-corrected chi connectivity index (χ3v) is 2.53. The van der Waals surface area contributed by atoms with Crippen molar-refractivity contribution in [2.24, 2.45) is 11.5 Å². The van der Waals surface area contributed by atoms with E-state index in [0.29, 0.717) is 0 Å². The van der Waals surface area contributed by atoms with Gasteiger partial charge in [0.1, 0.15) is 4.60 Å². The first-order valence-electron chi connectivity index (χ1n) is 4.82. The van der Waals surface area contributed by atoms with Crippen LogP contribution in [0.1, 0.15) is 31.0 Å². The molecule has 0 saturated carbocycles. The third kappa shape index (κ3) is 3.74. The van der Waals surface area contributed by atoms with Crippen molar-refractivity contribution in [1.29, 1.82) is 0 Å². The van der Waals surface area contributed by atoms with Crippen molar-refractivity contribution < 1.29 is 0 Å². The molecule has 0 aliphatic heterocycles. The Morgan fingerprint density at radius 3 is 2.79 bits per heavy atom. The minimum absolute atomic E-state index is 0.0269. The van der Waals surface area contributed by atoms with Crippen molar-refractivity contribution >= 4 is 15.9 Å². The van der Waals surface area contributed by atoms with E-state index in [1.54, 1.807) is 0 Å². The van der Waals surface area contributed by atoms with Gasteiger partial charge < -0.3 is 11.5 Å². The van der Waals surface area contributed by atoms with E-state index in [4.69, 9.17) is 11.5 Å². The monoisotopic (exact) mass is 257 g/mol. The van der Waals surface area contributed by atoms with Gasteiger partial charge in [0.2, 0.25) is 0 Å². The van der Waals surface area contributed by atoms with E-state index in [0.717, 1.165) is 36.1 Å². The van der Waals surface area contributed by atoms with Crippen molar-refractivity contribution in [3.63, 3.8) is 0 Å². The van der Waals surface area contributed by atoms with Gasteiger partial charge in [0, 0.05) is 6.04 Å². The number of nitrogens with zero attached hydrogens (tertiary/aromatic N) is 1. The second kappa shape index (κ2) is 6.11. The van der Waals surface area contributed by atoms with Crippen LogP contribution in [0.5, 0.6) is 0 Å². The van der Waals surface area contributed by atoms with E-state index in [9.17, 15) is 0 Å². The fraction of sp³-hybridized carbons (Fsp3) is 0.500. The Kier molecular flexibility index (Phi) is 5.07. The Hall–Kier alpha value is -0.450. The highest BCUT2D eigenvalue weighted by Crippen LogP contribution is 2.16. The highest BCUT2D eigenvalue weighted by Gasteiger charge is 2.06. The number of aromatic nitrogens is 1. The summed E-state index contributed by atoms with van der Waals surface area (Å²) < 4.78 is 0.837. The minimum Gasteiger partial charge on any atom is -0.330 e. The zero-order valence-electron chi connectivity index (χ0n) is 8.12. The summed E-state index contributed by atoms with van der Waals surface area (Å²) in [5.74, 6) is 0. The summed E-state index contributed by atoms with van der Waals surface area (Å²) in [5, 5.41) is 0. The fourth-order valence-corrected chi connectivity index (χ4v) is 1.64. The molecule has 1 rings (SSSR count). The highest BCUT2D eigenvalue weighted by atomic mass is 79.9. The first kappa shape index (κ1) is 11.6. The molecule has 1 unspecified atom stereocenters. The van der Waals surface area contributed by atoms with Crippen LogP contribution in [-0.2, 0) is 0 Å². The maximum absolute atomic E-state index is 5.98. The number of halogens is 1. The Morgan fingerprint density at radius 2 is 2.14 bits per heavy atom. The number of nitrogens with two attached hydrogens (primary N) is 2. The van der Waals surface area contributed by atoms with E-state index in [2.05, 4.69) is 20.9 Å². The molecule has 0 aromatic carbocycles. The van der Waals surface area contributed by atoms with Gasteiger partial charge in [-0.15, -0.1) is 0 Å². The van der Waals surface area contributed by atoms with Crippen LogP contribution in [0.4, 0.5) is 0 Å². The van der Waals surface area contributed by atoms with Crippen molar-refractivity contribution in [3.05, 3.63) is 28.5 Å². The fourth-order valence-electron chi connectivity index (χ4n) is 1.29. The summed E-state index contributed by atoms with van der Waals surface area (Å²) >= 11 is 3.33. The molecule has 14 heavy (non-hydrogen) atoms. The normalized spacial score (nSPS) is 12.8. The van der Waals surface area contributed by atoms with Gasteiger partial charge in [-0.3, -0.25) is 0 Å². The predicted octanol–water partition coefficient (Wildman–Crippen LogP) is 1.97. The van der Waals surface area contributed by atoms with Crippen LogP contribution in [0.2, 0.25) is 0 Å². The molecule has 1 aromatic heterocycles. The second-order valence-electron chi connectivity index (χ2n) is 3.28. The second-order valence-corrected chi connectivity index (χ2v) is 4.09. The molecule has 1 aromatic rings. The van der Waals surface area contributed by atoms with Gasteiger partial charge >= 0.3 is 0 Å². The molecule has 78 valence electrons. The number of pyridine rings is 1. The smallest absolute Gasteiger partial charge is 0.106 e. The van der Waals surface area contributed by atoms with Crippen molar-refractivity contribution in [2.75, 3.05) is 6.54 Å². The number of hydrogen-bond donors (Lipinski definition) is 2. The van der Waals surface area contributed by atoms with Crippen LogP contribution in [0.25, 0.3) is 0 Å². The molecule has 4 N–H and O–H groups in total. The first-order valence-corrected chi connectivity index (χ1v) is 5.61. The van der Waals surface area contributed by atoms with E-state index in [1.807, 2.05) is 18.2 Å². The van der Waals surface area contributed by atoms with Gasteiger partial charge in [0.05, 0.1) is 5.69 Å². The Labute approximate surface area is 93.0 Å². The summed E-state index contributed by atoms with van der Waals surface area (Å²) in [6.45, 7) is 0.735. The van der Waals surface area contributed by atoms with Crippen LogP contribution < -0.4 is 11.5 Å². The van der Waals surface area contributed by atoms with Crippen LogP contribution in [0, 0.1) is 0 Å². The average Bonchev–Trinajstić information content (AvgIpc) is 2.18. The molecule has 4 heteroatoms. The number of hydrogen-bond acceptors (Lipinski definition) is 3. The van der Waals surface area contributed by atoms with Gasteiger partial charge in [-0.25, -0.2) is 4.98 Å². The predicted molar refractivity (Wildman–Crippen MR) is 61.8 cm³/mol. The average molecular weight is 258 g/mol. The molecule has 0 spiro atoms. The molecule has 1 heterocycles. The van der Waals surface area contributed by atoms with E-state index < -0.39 is 0 Å². The lowest BCUT2D eigenvalue weighted by Crippen LogP contribution is -2.12. The van der Waals surface area contributed by atoms with E-state index in [1.165, 1.54) is 0 Å². The molecular formula is C10H16BrN3. The van der Waals surface area contributed by atoms with Gasteiger partial charge in [0.15, 0.2) is 0 Å². The molecule has 0 amide bonds. The molecule has 0 aliphatic rings. The Morgan fingerprint density at radius 1 is 1.36 bits per heavy atom. The largest absolute Gasteiger partial charge is 0.330 e. The molecule has 0 radical (unpaired) electrons. The van der Waals surface area contributed by atoms with Gasteiger partial charge in [-0.1, -0.05) is 12.5 Å². The van der Waals surface area contributed by atoms with Crippen LogP contribution in [-0.4, -0.2) is 11.5 Å². The highest BCUT2D eigenvalue weighted by molar-refractivity contribution is 9.10. The van der Waals surface area contributed by atoms with Crippen molar-refractivity contribution in [1.82, 2.24) is 4.98 Å². The number of rotatable bonds is 5. The van der Waals surface area contributed by atoms with Gasteiger partial charge in [-0.05, 0) is 47.4 Å². The van der Waals surface area contributed by atoms with Gasteiger partial charge in [-0.2, -0.15) is 0 Å². The van der Waals surface area contributed by atoms with Crippen LogP contribution >= 0.6 is 15.9 Å². The van der Waals surface area contributed by atoms with E-state index in [-0.39, 0.29) is 6.04 Å². The minimum atomic E-state index is 0.0269. The molecule has 1 atom stereocenters. The molecule has 0 saturated heterocycles. The van der Waals surface area contributed by atoms with Crippen LogP contribution in [0.15, 0.2) is 22.8 Å². The standard InChI is InChI=1S/C10H16BrN3/c11-10-6-3-5-9(14-10)8(13)4-1-2-7-12/h3,5-6,8H,1-2,4,7,12-13H2. The lowest BCUT2D eigenvalue weighted by atomic mass is 10.1. The van der Waals surface area contributed by atoms with Gasteiger partial charge in [0.25, 0.3) is 0 Å². The Balaban J connectivity index is 2.47. The molecule has 0 bridgehead atoms. The summed E-state index contributed by atoms with van der Waals surface area (Å²) in [4.78, 5) is 4.31. The zero-order chi connectivity index (χ0) is 10.4. The first-order chi connectivity index (χ1) is 6.74. The topological polar surface area (TPSA) is 64.9 Å². The number of unbranched alkanes of at least 4 members (excludes halogenated alkanes) is 1. The van der Waals surface area contributed by atoms with Crippen LogP contribution in [0.3, 0.4) is 0 Å². The Bertz CT molecular complexity index is 278. The summed E-state index contributed by atoms with van der Waals surface area (Å²) in [6.07, 6.45) is 3.04. The summed E-state index contributed by atoms with van der Waals surface area (Å²) in [5.41, 5.74) is 12.3. The lowest BCUT2D eigenvalue weighted by molar-refractivity contribution is 0.579. The molecule has 0 aliphatic carbocycles.